The summed E-state index contributed by atoms with van der Waals surface area (Å²) >= 11 is 3.48. The van der Waals surface area contributed by atoms with Crippen LogP contribution in [0.25, 0.3) is 0 Å². The van der Waals surface area contributed by atoms with E-state index in [-0.39, 0.29) is 5.91 Å². The molecule has 5 heteroatoms. The van der Waals surface area contributed by atoms with Gasteiger partial charge >= 0.3 is 0 Å². The zero-order chi connectivity index (χ0) is 15.2. The van der Waals surface area contributed by atoms with Crippen LogP contribution in [-0.2, 0) is 16.1 Å². The molecule has 20 heavy (non-hydrogen) atoms. The number of amides is 1. The number of halogens is 1. The summed E-state index contributed by atoms with van der Waals surface area (Å²) < 4.78 is 6.11. The van der Waals surface area contributed by atoms with Crippen LogP contribution in [0.2, 0.25) is 0 Å². The minimum absolute atomic E-state index is 0.0274. The lowest BCUT2D eigenvalue weighted by Crippen LogP contribution is -2.41. The summed E-state index contributed by atoms with van der Waals surface area (Å²) in [5.74, 6) is -0.0274. The second kappa shape index (κ2) is 7.76. The number of nitrogens with two attached hydrogens (primary N) is 1. The number of carbonyl (C=O) groups excluding carboxylic acids is 1. The van der Waals surface area contributed by atoms with Crippen molar-refractivity contribution in [3.8, 4) is 0 Å². The average Bonchev–Trinajstić information content (AvgIpc) is 2.45. The summed E-state index contributed by atoms with van der Waals surface area (Å²) in [7, 11) is 1.63. The molecule has 0 unspecified atom stereocenters. The number of carbonyl (C=O) groups is 1. The topological polar surface area (TPSA) is 64.4 Å². The van der Waals surface area contributed by atoms with Gasteiger partial charge in [0.1, 0.15) is 0 Å². The van der Waals surface area contributed by atoms with Gasteiger partial charge in [0.25, 0.3) is 0 Å². The molecule has 0 aliphatic carbocycles. The van der Waals surface area contributed by atoms with Crippen molar-refractivity contribution < 1.29 is 9.53 Å². The molecule has 0 aliphatic rings. The molecule has 1 rings (SSSR count). The Morgan fingerprint density at radius 1 is 1.40 bits per heavy atom. The molecule has 0 saturated heterocycles. The highest BCUT2D eigenvalue weighted by Gasteiger charge is 2.33. The van der Waals surface area contributed by atoms with Crippen molar-refractivity contribution in [3.63, 3.8) is 0 Å². The fourth-order valence-corrected chi connectivity index (χ4v) is 2.65. The lowest BCUT2D eigenvalue weighted by Gasteiger charge is -2.29. The van der Waals surface area contributed by atoms with E-state index in [1.807, 2.05) is 32.0 Å². The minimum Gasteiger partial charge on any atom is -0.380 e. The van der Waals surface area contributed by atoms with Gasteiger partial charge in [-0.05, 0) is 25.0 Å². The number of hydrogen-bond donors (Lipinski definition) is 2. The van der Waals surface area contributed by atoms with Gasteiger partial charge in [0.2, 0.25) is 5.91 Å². The van der Waals surface area contributed by atoms with E-state index < -0.39 is 5.41 Å². The Labute approximate surface area is 129 Å². The number of methoxy groups -OCH3 is 1. The summed E-state index contributed by atoms with van der Waals surface area (Å²) in [6, 6.07) is 5.70. The Balaban J connectivity index is 3.04. The van der Waals surface area contributed by atoms with Gasteiger partial charge in [-0.15, -0.1) is 0 Å². The van der Waals surface area contributed by atoms with Crippen molar-refractivity contribution in [2.45, 2.75) is 33.3 Å². The predicted molar refractivity (Wildman–Crippen MR) is 85.6 cm³/mol. The first-order chi connectivity index (χ1) is 9.54. The number of nitrogens with one attached hydrogen (secondary N) is 1. The first-order valence-electron chi connectivity index (χ1n) is 6.82. The standard InChI is InChI=1S/C15H23BrN2O2/c1-4-15(5-2,10-17)14(19)18-13-8-6-7-12(16)11(13)9-20-3/h6-8H,4-5,9-10,17H2,1-3H3,(H,18,19). The van der Waals surface area contributed by atoms with Crippen LogP contribution >= 0.6 is 15.9 Å². The molecule has 4 nitrogen and oxygen atoms in total. The van der Waals surface area contributed by atoms with Crippen LogP contribution in [0.5, 0.6) is 0 Å². The Morgan fingerprint density at radius 2 is 2.05 bits per heavy atom. The molecule has 1 amide bonds. The molecular formula is C15H23BrN2O2. The summed E-state index contributed by atoms with van der Waals surface area (Å²) in [5, 5.41) is 3.00. The molecule has 0 saturated carbocycles. The summed E-state index contributed by atoms with van der Waals surface area (Å²) in [4.78, 5) is 12.5. The van der Waals surface area contributed by atoms with Crippen molar-refractivity contribution in [1.29, 1.82) is 0 Å². The van der Waals surface area contributed by atoms with Gasteiger partial charge in [-0.25, -0.2) is 0 Å². The van der Waals surface area contributed by atoms with Crippen molar-refractivity contribution in [3.05, 3.63) is 28.2 Å². The highest BCUT2D eigenvalue weighted by molar-refractivity contribution is 9.10. The molecule has 0 heterocycles. The molecule has 112 valence electrons. The first-order valence-corrected chi connectivity index (χ1v) is 7.61. The summed E-state index contributed by atoms with van der Waals surface area (Å²) in [6.45, 7) is 4.77. The highest BCUT2D eigenvalue weighted by Crippen LogP contribution is 2.30. The number of anilines is 1. The van der Waals surface area contributed by atoms with E-state index in [0.29, 0.717) is 13.2 Å². The van der Waals surface area contributed by atoms with Crippen LogP contribution in [0.3, 0.4) is 0 Å². The normalized spacial score (nSPS) is 11.4. The number of rotatable bonds is 7. The number of ether oxygens (including phenoxy) is 1. The Morgan fingerprint density at radius 3 is 2.55 bits per heavy atom. The molecule has 0 fully saturated rings. The van der Waals surface area contributed by atoms with Crippen molar-refractivity contribution in [2.24, 2.45) is 11.1 Å². The summed E-state index contributed by atoms with van der Waals surface area (Å²) in [6.07, 6.45) is 1.44. The maximum atomic E-state index is 12.5. The van der Waals surface area contributed by atoms with Gasteiger partial charge in [0.05, 0.1) is 12.0 Å². The fraction of sp³-hybridized carbons (Fsp3) is 0.533. The molecule has 1 aromatic rings. The largest absolute Gasteiger partial charge is 0.380 e. The zero-order valence-corrected chi connectivity index (χ0v) is 13.9. The quantitative estimate of drug-likeness (QED) is 0.798. The highest BCUT2D eigenvalue weighted by atomic mass is 79.9. The monoisotopic (exact) mass is 342 g/mol. The Kier molecular flexibility index (Phi) is 6.65. The van der Waals surface area contributed by atoms with E-state index in [4.69, 9.17) is 10.5 Å². The predicted octanol–water partition coefficient (Wildman–Crippen LogP) is 3.30. The molecule has 0 aromatic heterocycles. The lowest BCUT2D eigenvalue weighted by molar-refractivity contribution is -0.125. The lowest BCUT2D eigenvalue weighted by atomic mass is 9.81. The van der Waals surface area contributed by atoms with E-state index in [1.54, 1.807) is 7.11 Å². The molecule has 0 radical (unpaired) electrons. The van der Waals surface area contributed by atoms with E-state index in [2.05, 4.69) is 21.2 Å². The third kappa shape index (κ3) is 3.59. The van der Waals surface area contributed by atoms with Crippen molar-refractivity contribution >= 4 is 27.5 Å². The molecule has 3 N–H and O–H groups in total. The van der Waals surface area contributed by atoms with E-state index in [9.17, 15) is 4.79 Å². The Bertz CT molecular complexity index is 451. The van der Waals surface area contributed by atoms with Gasteiger partial charge < -0.3 is 15.8 Å². The average molecular weight is 343 g/mol. The van der Waals surface area contributed by atoms with Gasteiger partial charge in [0.15, 0.2) is 0 Å². The minimum atomic E-state index is -0.507. The third-order valence-corrected chi connectivity index (χ3v) is 4.62. The fourth-order valence-electron chi connectivity index (χ4n) is 2.17. The molecule has 0 aliphatic heterocycles. The Hall–Kier alpha value is -0.910. The van der Waals surface area contributed by atoms with Crippen LogP contribution in [0.1, 0.15) is 32.3 Å². The molecule has 0 bridgehead atoms. The van der Waals surface area contributed by atoms with Gasteiger partial charge in [0, 0.05) is 29.4 Å². The van der Waals surface area contributed by atoms with Crippen LogP contribution in [0.4, 0.5) is 5.69 Å². The molecule has 1 aromatic carbocycles. The smallest absolute Gasteiger partial charge is 0.231 e. The zero-order valence-electron chi connectivity index (χ0n) is 12.3. The second-order valence-corrected chi connectivity index (χ2v) is 5.70. The van der Waals surface area contributed by atoms with E-state index in [1.165, 1.54) is 0 Å². The third-order valence-electron chi connectivity index (χ3n) is 3.88. The van der Waals surface area contributed by atoms with Crippen LogP contribution in [-0.4, -0.2) is 19.6 Å². The van der Waals surface area contributed by atoms with Crippen molar-refractivity contribution in [1.82, 2.24) is 0 Å². The van der Waals surface area contributed by atoms with E-state index in [0.717, 1.165) is 28.6 Å². The van der Waals surface area contributed by atoms with Gasteiger partial charge in [-0.2, -0.15) is 0 Å². The first kappa shape index (κ1) is 17.1. The number of hydrogen-bond acceptors (Lipinski definition) is 3. The van der Waals surface area contributed by atoms with Crippen LogP contribution in [0, 0.1) is 5.41 Å². The van der Waals surface area contributed by atoms with Crippen molar-refractivity contribution in [2.75, 3.05) is 19.0 Å². The molecular weight excluding hydrogens is 320 g/mol. The second-order valence-electron chi connectivity index (χ2n) is 4.84. The number of benzene rings is 1. The van der Waals surface area contributed by atoms with E-state index >= 15 is 0 Å². The molecule has 0 atom stereocenters. The SMILES string of the molecule is CCC(CC)(CN)C(=O)Nc1cccc(Br)c1COC. The molecule has 0 spiro atoms. The van der Waals surface area contributed by atoms with Gasteiger partial charge in [-0.3, -0.25) is 4.79 Å². The van der Waals surface area contributed by atoms with Crippen LogP contribution < -0.4 is 11.1 Å². The van der Waals surface area contributed by atoms with Crippen LogP contribution in [0.15, 0.2) is 22.7 Å². The maximum Gasteiger partial charge on any atom is 0.231 e. The summed E-state index contributed by atoms with van der Waals surface area (Å²) in [5.41, 5.74) is 7.01. The maximum absolute atomic E-state index is 12.5. The van der Waals surface area contributed by atoms with Gasteiger partial charge in [-0.1, -0.05) is 35.8 Å².